The van der Waals surface area contributed by atoms with Crippen LogP contribution < -0.4 is 10.6 Å². The van der Waals surface area contributed by atoms with E-state index in [1.165, 1.54) is 12.1 Å². The zero-order valence-electron chi connectivity index (χ0n) is 15.4. The monoisotopic (exact) mass is 477 g/mol. The smallest absolute Gasteiger partial charge is 0.234 e. The molecule has 0 saturated carbocycles. The van der Waals surface area contributed by atoms with E-state index in [1.807, 2.05) is 18.2 Å². The second-order valence-corrected chi connectivity index (χ2v) is 7.87. The number of para-hydroxylation sites is 1. The summed E-state index contributed by atoms with van der Waals surface area (Å²) in [6, 6.07) is 13.5. The van der Waals surface area contributed by atoms with Gasteiger partial charge in [-0.15, -0.1) is 10.2 Å². The van der Waals surface area contributed by atoms with E-state index in [9.17, 15) is 14.0 Å². The van der Waals surface area contributed by atoms with Gasteiger partial charge in [0.15, 0.2) is 5.16 Å². The van der Waals surface area contributed by atoms with Crippen molar-refractivity contribution >= 4 is 50.9 Å². The molecule has 0 saturated heterocycles. The van der Waals surface area contributed by atoms with Crippen LogP contribution >= 0.6 is 27.7 Å². The van der Waals surface area contributed by atoms with E-state index >= 15 is 0 Å². The van der Waals surface area contributed by atoms with E-state index in [0.29, 0.717) is 21.1 Å². The molecular formula is C19H17BrFN5O2S. The Bertz CT molecular complexity index is 1030. The summed E-state index contributed by atoms with van der Waals surface area (Å²) in [5.74, 6) is -0.616. The molecule has 2 amide bonds. The maximum Gasteiger partial charge on any atom is 0.234 e. The summed E-state index contributed by atoms with van der Waals surface area (Å²) >= 11 is 4.32. The average Bonchev–Trinajstić information content (AvgIpc) is 3.03. The lowest BCUT2D eigenvalue weighted by Gasteiger charge is -2.07. The molecule has 0 bridgehead atoms. The predicted octanol–water partition coefficient (Wildman–Crippen LogP) is 3.63. The van der Waals surface area contributed by atoms with Gasteiger partial charge in [-0.1, -0.05) is 45.9 Å². The third-order valence-electron chi connectivity index (χ3n) is 3.84. The molecule has 7 nitrogen and oxygen atoms in total. The van der Waals surface area contributed by atoms with Crippen LogP contribution in [0, 0.1) is 5.82 Å². The Hall–Kier alpha value is -2.72. The molecule has 0 spiro atoms. The molecule has 0 unspecified atom stereocenters. The Kier molecular flexibility index (Phi) is 6.99. The second-order valence-electron chi connectivity index (χ2n) is 6.01. The number of carbonyl (C=O) groups excluding carboxylic acids is 2. The van der Waals surface area contributed by atoms with Gasteiger partial charge in [0.2, 0.25) is 11.8 Å². The lowest BCUT2D eigenvalue weighted by atomic mass is 10.3. The average molecular weight is 478 g/mol. The number of benzene rings is 2. The number of nitrogens with zero attached hydrogens (tertiary/aromatic N) is 3. The summed E-state index contributed by atoms with van der Waals surface area (Å²) in [7, 11) is 1.72. The Morgan fingerprint density at radius 3 is 2.59 bits per heavy atom. The van der Waals surface area contributed by atoms with Crippen molar-refractivity contribution in [3.05, 3.63) is 64.6 Å². The van der Waals surface area contributed by atoms with Gasteiger partial charge < -0.3 is 15.2 Å². The van der Waals surface area contributed by atoms with Gasteiger partial charge in [-0.05, 0) is 30.3 Å². The van der Waals surface area contributed by atoms with Gasteiger partial charge in [0.05, 0.1) is 17.9 Å². The number of halogens is 2. The minimum atomic E-state index is -0.525. The van der Waals surface area contributed by atoms with Crippen molar-refractivity contribution in [1.29, 1.82) is 0 Å². The number of anilines is 2. The van der Waals surface area contributed by atoms with Crippen molar-refractivity contribution in [3.63, 3.8) is 0 Å². The van der Waals surface area contributed by atoms with Gasteiger partial charge in [-0.25, -0.2) is 4.39 Å². The highest BCUT2D eigenvalue weighted by Crippen LogP contribution is 2.21. The van der Waals surface area contributed by atoms with Crippen LogP contribution in [0.3, 0.4) is 0 Å². The van der Waals surface area contributed by atoms with Gasteiger partial charge in [0.25, 0.3) is 0 Å². The zero-order chi connectivity index (χ0) is 20.8. The van der Waals surface area contributed by atoms with E-state index in [-0.39, 0.29) is 29.7 Å². The molecule has 0 radical (unpaired) electrons. The SMILES string of the molecule is Cn1c(CC(=O)Nc2ccccc2)nnc1SCC(=O)Nc1ccc(Br)cc1F. The van der Waals surface area contributed by atoms with E-state index in [1.54, 1.807) is 29.8 Å². The highest BCUT2D eigenvalue weighted by Gasteiger charge is 2.15. The van der Waals surface area contributed by atoms with Crippen LogP contribution in [0.4, 0.5) is 15.8 Å². The summed E-state index contributed by atoms with van der Waals surface area (Å²) in [6.07, 6.45) is 0.0508. The first-order chi connectivity index (χ1) is 13.9. The molecule has 2 aromatic carbocycles. The first-order valence-corrected chi connectivity index (χ1v) is 10.3. The maximum atomic E-state index is 13.8. The van der Waals surface area contributed by atoms with Gasteiger partial charge in [-0.2, -0.15) is 0 Å². The Labute approximate surface area is 179 Å². The van der Waals surface area contributed by atoms with Crippen LogP contribution in [0.15, 0.2) is 58.2 Å². The van der Waals surface area contributed by atoms with E-state index in [0.717, 1.165) is 11.8 Å². The molecule has 0 atom stereocenters. The highest BCUT2D eigenvalue weighted by molar-refractivity contribution is 9.10. The maximum absolute atomic E-state index is 13.8. The summed E-state index contributed by atoms with van der Waals surface area (Å²) in [6.45, 7) is 0. The summed E-state index contributed by atoms with van der Waals surface area (Å²) in [5, 5.41) is 13.8. The predicted molar refractivity (Wildman–Crippen MR) is 113 cm³/mol. The van der Waals surface area contributed by atoms with Crippen molar-refractivity contribution in [2.24, 2.45) is 7.05 Å². The molecule has 1 aromatic heterocycles. The third kappa shape index (κ3) is 5.88. The normalized spacial score (nSPS) is 10.6. The molecule has 0 aliphatic rings. The summed E-state index contributed by atoms with van der Waals surface area (Å²) in [4.78, 5) is 24.3. The molecule has 0 aliphatic heterocycles. The highest BCUT2D eigenvalue weighted by atomic mass is 79.9. The molecule has 29 heavy (non-hydrogen) atoms. The molecule has 2 N–H and O–H groups in total. The van der Waals surface area contributed by atoms with Crippen LogP contribution in [0.5, 0.6) is 0 Å². The Morgan fingerprint density at radius 2 is 1.86 bits per heavy atom. The quantitative estimate of drug-likeness (QED) is 0.507. The number of rotatable bonds is 7. The zero-order valence-corrected chi connectivity index (χ0v) is 17.8. The molecule has 3 aromatic rings. The first-order valence-electron chi connectivity index (χ1n) is 8.53. The van der Waals surface area contributed by atoms with Crippen LogP contribution in [-0.2, 0) is 23.1 Å². The summed E-state index contributed by atoms with van der Waals surface area (Å²) < 4.78 is 16.0. The third-order valence-corrected chi connectivity index (χ3v) is 5.35. The van der Waals surface area contributed by atoms with Crippen LogP contribution in [-0.4, -0.2) is 32.3 Å². The molecule has 10 heteroatoms. The lowest BCUT2D eigenvalue weighted by molar-refractivity contribution is -0.116. The van der Waals surface area contributed by atoms with Gasteiger partial charge in [-0.3, -0.25) is 9.59 Å². The number of hydrogen-bond donors (Lipinski definition) is 2. The molecule has 150 valence electrons. The standard InChI is InChI=1S/C19H17BrFN5O2S/c1-26-16(10-17(27)22-13-5-3-2-4-6-13)24-25-19(26)29-11-18(28)23-15-8-7-12(20)9-14(15)21/h2-9H,10-11H2,1H3,(H,22,27)(H,23,28). The van der Waals surface area contributed by atoms with E-state index in [4.69, 9.17) is 0 Å². The second kappa shape index (κ2) is 9.66. The van der Waals surface area contributed by atoms with Crippen molar-refractivity contribution in [2.75, 3.05) is 16.4 Å². The number of thioether (sulfide) groups is 1. The fourth-order valence-corrected chi connectivity index (χ4v) is 3.47. The number of aromatic nitrogens is 3. The largest absolute Gasteiger partial charge is 0.326 e. The number of nitrogens with one attached hydrogen (secondary N) is 2. The fourth-order valence-electron chi connectivity index (χ4n) is 2.40. The van der Waals surface area contributed by atoms with Crippen LogP contribution in [0.25, 0.3) is 0 Å². The number of hydrogen-bond acceptors (Lipinski definition) is 5. The molecular weight excluding hydrogens is 461 g/mol. The van der Waals surface area contributed by atoms with Crippen molar-refractivity contribution in [2.45, 2.75) is 11.6 Å². The van der Waals surface area contributed by atoms with E-state index < -0.39 is 5.82 Å². The molecule has 0 aliphatic carbocycles. The van der Waals surface area contributed by atoms with E-state index in [2.05, 4.69) is 36.8 Å². The van der Waals surface area contributed by atoms with Crippen molar-refractivity contribution in [3.8, 4) is 0 Å². The van der Waals surface area contributed by atoms with Crippen molar-refractivity contribution < 1.29 is 14.0 Å². The Balaban J connectivity index is 1.53. The van der Waals surface area contributed by atoms with Gasteiger partial charge in [0.1, 0.15) is 11.6 Å². The minimum Gasteiger partial charge on any atom is -0.326 e. The topological polar surface area (TPSA) is 88.9 Å². The van der Waals surface area contributed by atoms with Gasteiger partial charge in [0, 0.05) is 17.2 Å². The lowest BCUT2D eigenvalue weighted by Crippen LogP contribution is -2.17. The molecule has 3 rings (SSSR count). The molecule has 0 fully saturated rings. The van der Waals surface area contributed by atoms with Crippen LogP contribution in [0.1, 0.15) is 5.82 Å². The van der Waals surface area contributed by atoms with Crippen molar-refractivity contribution in [1.82, 2.24) is 14.8 Å². The summed E-state index contributed by atoms with van der Waals surface area (Å²) in [5.41, 5.74) is 0.807. The fraction of sp³-hybridized carbons (Fsp3) is 0.158. The minimum absolute atomic E-state index is 0.0255. The van der Waals surface area contributed by atoms with Gasteiger partial charge >= 0.3 is 0 Å². The molecule has 1 heterocycles. The number of amides is 2. The number of carbonyl (C=O) groups is 2. The Morgan fingerprint density at radius 1 is 1.10 bits per heavy atom. The first kappa shape index (κ1) is 21.0. The van der Waals surface area contributed by atoms with Crippen LogP contribution in [0.2, 0.25) is 0 Å².